The van der Waals surface area contributed by atoms with Crippen LogP contribution in [0.4, 0.5) is 0 Å². The standard InChI is InChI=1S/C18H22N4O5/c1-9(2)8-21-15-11(6-10(3)18(26)27)7-19-22(15)17(25)13(16(21)24)14(23)20-12-4-5-12/h6-7,9,12H,4-5,8H2,1-3H3,(H3,20,23,24,25,26,27)/p+1/b10-6+. The Morgan fingerprint density at radius 2 is 2.11 bits per heavy atom. The van der Waals surface area contributed by atoms with E-state index >= 15 is 0 Å². The number of carboxylic acid groups (broad SMARTS) is 1. The van der Waals surface area contributed by atoms with Crippen molar-refractivity contribution in [3.8, 4) is 5.88 Å². The molecule has 0 saturated heterocycles. The van der Waals surface area contributed by atoms with Gasteiger partial charge in [-0.2, -0.15) is 4.57 Å². The van der Waals surface area contributed by atoms with E-state index in [1.807, 2.05) is 13.8 Å². The van der Waals surface area contributed by atoms with Crippen molar-refractivity contribution < 1.29 is 24.4 Å². The Morgan fingerprint density at radius 1 is 1.44 bits per heavy atom. The van der Waals surface area contributed by atoms with E-state index in [4.69, 9.17) is 5.11 Å². The number of carbonyl (C=O) groups excluding carboxylic acids is 1. The first-order valence-electron chi connectivity index (χ1n) is 8.82. The van der Waals surface area contributed by atoms with Crippen LogP contribution in [0.25, 0.3) is 11.7 Å². The van der Waals surface area contributed by atoms with E-state index in [0.717, 1.165) is 17.4 Å². The molecular weight excluding hydrogens is 352 g/mol. The van der Waals surface area contributed by atoms with Crippen LogP contribution in [0, 0.1) is 5.92 Å². The number of hydrogen-bond acceptors (Lipinski definition) is 4. The molecule has 0 spiro atoms. The Kier molecular flexibility index (Phi) is 4.77. The number of aliphatic carboxylic acids is 1. The van der Waals surface area contributed by atoms with E-state index in [2.05, 4.69) is 10.4 Å². The third-order valence-corrected chi connectivity index (χ3v) is 4.37. The molecule has 144 valence electrons. The molecule has 0 unspecified atom stereocenters. The van der Waals surface area contributed by atoms with Gasteiger partial charge in [-0.25, -0.2) is 14.7 Å². The first kappa shape index (κ1) is 18.7. The minimum absolute atomic E-state index is 0.0379. The average Bonchev–Trinajstić information content (AvgIpc) is 3.29. The summed E-state index contributed by atoms with van der Waals surface area (Å²) in [5.41, 5.74) is -0.206. The van der Waals surface area contributed by atoms with E-state index in [-0.39, 0.29) is 23.1 Å². The van der Waals surface area contributed by atoms with Gasteiger partial charge >= 0.3 is 23.1 Å². The monoisotopic (exact) mass is 375 g/mol. The minimum Gasteiger partial charge on any atom is -0.478 e. The molecule has 2 heterocycles. The number of carboxylic acids is 1. The number of aromatic nitrogens is 3. The maximum absolute atomic E-state index is 12.8. The quantitative estimate of drug-likeness (QED) is 0.436. The van der Waals surface area contributed by atoms with Crippen molar-refractivity contribution in [2.24, 2.45) is 5.92 Å². The summed E-state index contributed by atoms with van der Waals surface area (Å²) in [6, 6.07) is 0.0379. The van der Waals surface area contributed by atoms with E-state index in [1.54, 1.807) is 0 Å². The number of nitrogens with one attached hydrogen (secondary N) is 2. The van der Waals surface area contributed by atoms with Gasteiger partial charge in [0.25, 0.3) is 5.91 Å². The van der Waals surface area contributed by atoms with Crippen LogP contribution in [-0.2, 0) is 11.3 Å². The average molecular weight is 375 g/mol. The summed E-state index contributed by atoms with van der Waals surface area (Å²) in [5.74, 6) is -2.01. The van der Waals surface area contributed by atoms with Crippen molar-refractivity contribution in [3.05, 3.63) is 33.3 Å². The van der Waals surface area contributed by atoms with Crippen LogP contribution < -0.4 is 15.4 Å². The molecule has 27 heavy (non-hydrogen) atoms. The van der Waals surface area contributed by atoms with Crippen LogP contribution in [0.2, 0.25) is 0 Å². The number of fused-ring (bicyclic) bond motifs is 1. The Bertz CT molecular complexity index is 1010. The van der Waals surface area contributed by atoms with Crippen molar-refractivity contribution >= 4 is 23.6 Å². The summed E-state index contributed by atoms with van der Waals surface area (Å²) >= 11 is 0. The second-order valence-corrected chi connectivity index (χ2v) is 7.28. The number of nitrogens with zero attached hydrogens (tertiary/aromatic N) is 2. The minimum atomic E-state index is -1.09. The zero-order chi connectivity index (χ0) is 19.9. The van der Waals surface area contributed by atoms with Gasteiger partial charge in [0.15, 0.2) is 0 Å². The third kappa shape index (κ3) is 3.57. The largest absolute Gasteiger partial charge is 0.478 e. The lowest BCUT2D eigenvalue weighted by Crippen LogP contribution is -2.46. The van der Waals surface area contributed by atoms with Crippen LogP contribution in [0.3, 0.4) is 0 Å². The van der Waals surface area contributed by atoms with Gasteiger partial charge in [0.05, 0.1) is 18.3 Å². The maximum Gasteiger partial charge on any atom is 0.378 e. The zero-order valence-corrected chi connectivity index (χ0v) is 15.4. The molecule has 1 aliphatic carbocycles. The highest BCUT2D eigenvalue weighted by Crippen LogP contribution is 2.21. The lowest BCUT2D eigenvalue weighted by Gasteiger charge is -2.10. The van der Waals surface area contributed by atoms with Crippen molar-refractivity contribution in [1.82, 2.24) is 14.9 Å². The first-order chi connectivity index (χ1) is 12.7. The fraction of sp³-hybridized carbons (Fsp3) is 0.444. The van der Waals surface area contributed by atoms with Crippen LogP contribution >= 0.6 is 0 Å². The molecule has 9 nitrogen and oxygen atoms in total. The summed E-state index contributed by atoms with van der Waals surface area (Å²) in [5, 5.41) is 25.4. The smallest absolute Gasteiger partial charge is 0.378 e. The van der Waals surface area contributed by atoms with E-state index in [9.17, 15) is 19.5 Å². The molecule has 9 heteroatoms. The first-order valence-corrected chi connectivity index (χ1v) is 8.82. The topological polar surface area (TPSA) is 128 Å². The summed E-state index contributed by atoms with van der Waals surface area (Å²) in [6.07, 6.45) is 4.60. The second-order valence-electron chi connectivity index (χ2n) is 7.28. The molecule has 0 radical (unpaired) electrons. The van der Waals surface area contributed by atoms with Gasteiger partial charge in [0.2, 0.25) is 5.56 Å². The normalized spacial score (nSPS) is 14.7. The van der Waals surface area contributed by atoms with Crippen LogP contribution in [0.5, 0.6) is 5.88 Å². The molecule has 1 aliphatic rings. The molecule has 2 aromatic rings. The predicted molar refractivity (Wildman–Crippen MR) is 96.5 cm³/mol. The fourth-order valence-corrected chi connectivity index (χ4v) is 2.89. The van der Waals surface area contributed by atoms with Crippen molar-refractivity contribution in [2.45, 2.75) is 46.2 Å². The molecule has 2 aromatic heterocycles. The van der Waals surface area contributed by atoms with E-state index in [1.165, 1.54) is 23.8 Å². The molecule has 3 rings (SSSR count). The van der Waals surface area contributed by atoms with Crippen molar-refractivity contribution in [1.29, 1.82) is 0 Å². The molecule has 1 amide bonds. The SMILES string of the molecule is C/C(=C\c1c[nH]n2c(=O)c(C(=O)NC3CC3)c(O)[n+](CC(C)C)c12)C(=O)O. The van der Waals surface area contributed by atoms with Gasteiger partial charge in [-0.1, -0.05) is 18.4 Å². The van der Waals surface area contributed by atoms with Crippen molar-refractivity contribution in [2.75, 3.05) is 0 Å². The summed E-state index contributed by atoms with van der Waals surface area (Å²) in [7, 11) is 0. The van der Waals surface area contributed by atoms with Crippen LogP contribution in [-0.4, -0.2) is 37.7 Å². The van der Waals surface area contributed by atoms with E-state index < -0.39 is 23.3 Å². The number of aromatic hydroxyl groups is 1. The molecule has 1 fully saturated rings. The number of rotatable bonds is 6. The lowest BCUT2D eigenvalue weighted by molar-refractivity contribution is -0.686. The highest BCUT2D eigenvalue weighted by molar-refractivity contribution is 5.96. The number of amides is 1. The van der Waals surface area contributed by atoms with Gasteiger partial charge in [-0.05, 0) is 31.8 Å². The Labute approximate surface area is 154 Å². The molecule has 4 N–H and O–H groups in total. The van der Waals surface area contributed by atoms with E-state index in [0.29, 0.717) is 17.8 Å². The van der Waals surface area contributed by atoms with Gasteiger partial charge in [0.1, 0.15) is 0 Å². The number of carbonyl (C=O) groups is 2. The fourth-order valence-electron chi connectivity index (χ4n) is 2.89. The van der Waals surface area contributed by atoms with Crippen LogP contribution in [0.1, 0.15) is 49.5 Å². The third-order valence-electron chi connectivity index (χ3n) is 4.37. The van der Waals surface area contributed by atoms with Crippen LogP contribution in [0.15, 0.2) is 16.6 Å². The van der Waals surface area contributed by atoms with Gasteiger partial charge < -0.3 is 15.5 Å². The summed E-state index contributed by atoms with van der Waals surface area (Å²) < 4.78 is 2.62. The van der Waals surface area contributed by atoms with Gasteiger partial charge in [-0.15, -0.1) is 0 Å². The molecular formula is C18H23N4O5+. The lowest BCUT2D eigenvalue weighted by atomic mass is 10.1. The molecule has 0 atom stereocenters. The number of aromatic amines is 1. The predicted octanol–water partition coefficient (Wildman–Crippen LogP) is 0.657. The second kappa shape index (κ2) is 6.90. The Hall–Kier alpha value is -3.10. The molecule has 0 bridgehead atoms. The zero-order valence-electron chi connectivity index (χ0n) is 15.4. The molecule has 0 aromatic carbocycles. The van der Waals surface area contributed by atoms with Gasteiger partial charge in [-0.3, -0.25) is 4.79 Å². The summed E-state index contributed by atoms with van der Waals surface area (Å²) in [6.45, 7) is 5.64. The molecule has 0 aliphatic heterocycles. The Balaban J connectivity index is 2.26. The van der Waals surface area contributed by atoms with Crippen molar-refractivity contribution in [3.63, 3.8) is 0 Å². The van der Waals surface area contributed by atoms with Gasteiger partial charge in [0, 0.05) is 11.6 Å². The highest BCUT2D eigenvalue weighted by atomic mass is 16.4. The maximum atomic E-state index is 12.8. The number of hydrogen-bond donors (Lipinski definition) is 4. The summed E-state index contributed by atoms with van der Waals surface area (Å²) in [4.78, 5) is 36.5. The number of H-pyrrole nitrogens is 1. The Morgan fingerprint density at radius 3 is 2.67 bits per heavy atom. The molecule has 1 saturated carbocycles. The highest BCUT2D eigenvalue weighted by Gasteiger charge is 2.34.